The number of nitrogens with zero attached hydrogens (tertiary/aromatic N) is 3. The number of halogens is 2. The second kappa shape index (κ2) is 12.0. The molecule has 0 spiro atoms. The van der Waals surface area contributed by atoms with Crippen molar-refractivity contribution < 1.29 is 4.79 Å². The van der Waals surface area contributed by atoms with Crippen molar-refractivity contribution in [3.63, 3.8) is 0 Å². The van der Waals surface area contributed by atoms with Crippen LogP contribution in [-0.2, 0) is 0 Å². The third-order valence-corrected chi connectivity index (χ3v) is 5.98. The topological polar surface area (TPSA) is 48.5 Å². The lowest BCUT2D eigenvalue weighted by Crippen LogP contribution is -2.49. The minimum absolute atomic E-state index is 0. The molecule has 1 atom stereocenters. The minimum atomic E-state index is -0.0482. The minimum Gasteiger partial charge on any atom is -0.351 e. The van der Waals surface area contributed by atoms with Gasteiger partial charge in [0, 0.05) is 62.2 Å². The Morgan fingerprint density at radius 3 is 2.19 bits per heavy atom. The van der Waals surface area contributed by atoms with E-state index in [1.165, 1.54) is 11.1 Å². The summed E-state index contributed by atoms with van der Waals surface area (Å²) in [6, 6.07) is 22.5. The van der Waals surface area contributed by atoms with Crippen LogP contribution in [-0.4, -0.2) is 60.0 Å². The zero-order valence-electron chi connectivity index (χ0n) is 17.9. The van der Waals surface area contributed by atoms with Gasteiger partial charge in [0.25, 0.3) is 5.91 Å². The van der Waals surface area contributed by atoms with Crippen LogP contribution in [0.4, 0.5) is 0 Å². The Labute approximate surface area is 200 Å². The van der Waals surface area contributed by atoms with Gasteiger partial charge in [0.1, 0.15) is 0 Å². The fraction of sp³-hybridized carbons (Fsp3) is 0.280. The Morgan fingerprint density at radius 2 is 1.53 bits per heavy atom. The van der Waals surface area contributed by atoms with Crippen molar-refractivity contribution in [2.75, 3.05) is 39.3 Å². The number of hydrogen-bond acceptors (Lipinski definition) is 4. The van der Waals surface area contributed by atoms with E-state index in [1.807, 2.05) is 12.1 Å². The molecule has 2 aromatic carbocycles. The largest absolute Gasteiger partial charge is 0.351 e. The van der Waals surface area contributed by atoms with Crippen LogP contribution < -0.4 is 5.32 Å². The van der Waals surface area contributed by atoms with E-state index in [1.54, 1.807) is 24.5 Å². The van der Waals surface area contributed by atoms with Crippen molar-refractivity contribution in [2.24, 2.45) is 0 Å². The highest BCUT2D eigenvalue weighted by atomic mass is 35.5. The lowest BCUT2D eigenvalue weighted by molar-refractivity contribution is 0.0921. The van der Waals surface area contributed by atoms with Gasteiger partial charge < -0.3 is 5.32 Å². The van der Waals surface area contributed by atoms with Gasteiger partial charge in [-0.25, -0.2) is 0 Å². The molecule has 168 valence electrons. The maximum absolute atomic E-state index is 12.2. The summed E-state index contributed by atoms with van der Waals surface area (Å²) in [6.07, 6.45) is 3.27. The molecule has 1 fully saturated rings. The highest BCUT2D eigenvalue weighted by Gasteiger charge is 2.26. The van der Waals surface area contributed by atoms with Gasteiger partial charge in [-0.15, -0.1) is 12.4 Å². The smallest absolute Gasteiger partial charge is 0.251 e. The Kier molecular flexibility index (Phi) is 9.06. The van der Waals surface area contributed by atoms with Crippen LogP contribution in [0.2, 0.25) is 5.02 Å². The molecule has 1 aliphatic heterocycles. The fourth-order valence-corrected chi connectivity index (χ4v) is 4.20. The summed E-state index contributed by atoms with van der Waals surface area (Å²) in [4.78, 5) is 21.1. The first-order valence-electron chi connectivity index (χ1n) is 10.7. The van der Waals surface area contributed by atoms with E-state index in [-0.39, 0.29) is 24.4 Å². The molecule has 0 radical (unpaired) electrons. The molecule has 5 nitrogen and oxygen atoms in total. The lowest BCUT2D eigenvalue weighted by Gasteiger charge is -2.39. The molecular formula is C25H28Cl2N4O. The third kappa shape index (κ3) is 6.30. The van der Waals surface area contributed by atoms with E-state index in [4.69, 9.17) is 11.6 Å². The second-order valence-corrected chi connectivity index (χ2v) is 8.17. The Morgan fingerprint density at radius 1 is 0.906 bits per heavy atom. The Hall–Kier alpha value is -2.44. The van der Waals surface area contributed by atoms with Gasteiger partial charge in [0.2, 0.25) is 0 Å². The van der Waals surface area contributed by atoms with E-state index in [2.05, 4.69) is 62.6 Å². The van der Waals surface area contributed by atoms with Crippen LogP contribution in [0.3, 0.4) is 0 Å². The zero-order chi connectivity index (χ0) is 21.5. The standard InChI is InChI=1S/C25H27ClN4O.ClH/c26-23-8-6-21(7-9-23)24(20-4-2-1-3-5-20)30-18-16-29(17-19-30)15-14-28-25(31)22-10-12-27-13-11-22;/h1-13,24H,14-19H2,(H,28,31);1H. The van der Waals surface area contributed by atoms with Crippen LogP contribution in [0.5, 0.6) is 0 Å². The molecular weight excluding hydrogens is 443 g/mol. The molecule has 1 unspecified atom stereocenters. The van der Waals surface area contributed by atoms with Crippen LogP contribution in [0, 0.1) is 0 Å². The quantitative estimate of drug-likeness (QED) is 0.559. The molecule has 1 saturated heterocycles. The van der Waals surface area contributed by atoms with Crippen LogP contribution in [0.1, 0.15) is 27.5 Å². The van der Waals surface area contributed by atoms with E-state index >= 15 is 0 Å². The summed E-state index contributed by atoms with van der Waals surface area (Å²) >= 11 is 6.12. The van der Waals surface area contributed by atoms with Crippen molar-refractivity contribution in [2.45, 2.75) is 6.04 Å². The summed E-state index contributed by atoms with van der Waals surface area (Å²) in [6.45, 7) is 5.38. The summed E-state index contributed by atoms with van der Waals surface area (Å²) in [5, 5.41) is 3.76. The first-order chi connectivity index (χ1) is 15.2. The number of amides is 1. The maximum Gasteiger partial charge on any atom is 0.251 e. The number of aromatic nitrogens is 1. The number of pyridine rings is 1. The predicted molar refractivity (Wildman–Crippen MR) is 132 cm³/mol. The van der Waals surface area contributed by atoms with Crippen molar-refractivity contribution in [1.82, 2.24) is 20.1 Å². The average molecular weight is 471 g/mol. The number of hydrogen-bond donors (Lipinski definition) is 1. The highest BCUT2D eigenvalue weighted by Crippen LogP contribution is 2.30. The lowest BCUT2D eigenvalue weighted by atomic mass is 9.96. The third-order valence-electron chi connectivity index (χ3n) is 5.73. The van der Waals surface area contributed by atoms with Gasteiger partial charge in [0.15, 0.2) is 0 Å². The first-order valence-corrected chi connectivity index (χ1v) is 11.0. The maximum atomic E-state index is 12.2. The van der Waals surface area contributed by atoms with Gasteiger partial charge in [-0.1, -0.05) is 54.1 Å². The van der Waals surface area contributed by atoms with Gasteiger partial charge in [-0.2, -0.15) is 0 Å². The van der Waals surface area contributed by atoms with Crippen LogP contribution in [0.25, 0.3) is 0 Å². The van der Waals surface area contributed by atoms with E-state index < -0.39 is 0 Å². The van der Waals surface area contributed by atoms with Gasteiger partial charge in [-0.3, -0.25) is 19.6 Å². The number of nitrogens with one attached hydrogen (secondary N) is 1. The number of piperazine rings is 1. The summed E-state index contributed by atoms with van der Waals surface area (Å²) < 4.78 is 0. The molecule has 2 heterocycles. The van der Waals surface area contributed by atoms with Crippen molar-refractivity contribution >= 4 is 29.9 Å². The predicted octanol–water partition coefficient (Wildman–Crippen LogP) is 4.29. The summed E-state index contributed by atoms with van der Waals surface area (Å²) in [5.41, 5.74) is 3.20. The Bertz CT molecular complexity index is 962. The van der Waals surface area contributed by atoms with Gasteiger partial charge >= 0.3 is 0 Å². The van der Waals surface area contributed by atoms with Crippen molar-refractivity contribution in [3.05, 3.63) is 101 Å². The monoisotopic (exact) mass is 470 g/mol. The number of rotatable bonds is 7. The van der Waals surface area contributed by atoms with Crippen molar-refractivity contribution in [3.8, 4) is 0 Å². The zero-order valence-corrected chi connectivity index (χ0v) is 19.4. The molecule has 1 amide bonds. The molecule has 0 saturated carbocycles. The highest BCUT2D eigenvalue weighted by molar-refractivity contribution is 6.30. The SMILES string of the molecule is Cl.O=C(NCCN1CCN(C(c2ccccc2)c2ccc(Cl)cc2)CC1)c1ccncc1. The number of carbonyl (C=O) groups excluding carboxylic acids is 1. The Balaban J connectivity index is 0.00000289. The molecule has 0 aliphatic carbocycles. The normalized spacial score (nSPS) is 15.5. The van der Waals surface area contributed by atoms with Gasteiger partial charge in [-0.05, 0) is 35.4 Å². The molecule has 4 rings (SSSR count). The summed E-state index contributed by atoms with van der Waals surface area (Å²) in [7, 11) is 0. The van der Waals surface area contributed by atoms with Gasteiger partial charge in [0.05, 0.1) is 6.04 Å². The fourth-order valence-electron chi connectivity index (χ4n) is 4.07. The van der Waals surface area contributed by atoms with E-state index in [9.17, 15) is 4.79 Å². The summed E-state index contributed by atoms with van der Waals surface area (Å²) in [5.74, 6) is -0.0482. The van der Waals surface area contributed by atoms with Crippen LogP contribution >= 0.6 is 24.0 Å². The first kappa shape index (κ1) is 24.2. The number of benzene rings is 2. The van der Waals surface area contributed by atoms with E-state index in [0.29, 0.717) is 12.1 Å². The molecule has 1 aromatic heterocycles. The van der Waals surface area contributed by atoms with Crippen LogP contribution in [0.15, 0.2) is 79.1 Å². The molecule has 1 aliphatic rings. The molecule has 32 heavy (non-hydrogen) atoms. The average Bonchev–Trinajstić information content (AvgIpc) is 2.83. The van der Waals surface area contributed by atoms with Crippen molar-refractivity contribution in [1.29, 1.82) is 0 Å². The number of carbonyl (C=O) groups is 1. The molecule has 3 aromatic rings. The second-order valence-electron chi connectivity index (χ2n) is 7.73. The van der Waals surface area contributed by atoms with E-state index in [0.717, 1.165) is 37.7 Å². The molecule has 1 N–H and O–H groups in total. The molecule has 0 bridgehead atoms. The molecule has 7 heteroatoms.